The van der Waals surface area contributed by atoms with Crippen molar-refractivity contribution < 1.29 is 4.79 Å². The van der Waals surface area contributed by atoms with Crippen LogP contribution in [0.2, 0.25) is 0 Å². The molecule has 2 aromatic heterocycles. The standard InChI is InChI=1S/C13H17N5O/c1-17-5-4-15-12(17)7-16-13(19)11-6-9(14)8-18(11)10-2-3-10/h4-6,8,10H,2-3,7,14H2,1H3,(H,16,19). The first-order chi connectivity index (χ1) is 9.15. The number of hydrogen-bond acceptors (Lipinski definition) is 3. The number of carbonyl (C=O) groups excluding carboxylic acids is 1. The second kappa shape index (κ2) is 4.46. The number of nitrogen functional groups attached to an aromatic ring is 1. The summed E-state index contributed by atoms with van der Waals surface area (Å²) in [6.07, 6.45) is 7.65. The molecule has 1 saturated carbocycles. The van der Waals surface area contributed by atoms with Gasteiger partial charge in [0, 0.05) is 31.7 Å². The predicted molar refractivity (Wildman–Crippen MR) is 71.5 cm³/mol. The molecule has 2 aromatic rings. The molecule has 0 bridgehead atoms. The number of nitrogens with zero attached hydrogens (tertiary/aromatic N) is 3. The van der Waals surface area contributed by atoms with E-state index in [0.717, 1.165) is 18.7 Å². The molecular formula is C13H17N5O. The van der Waals surface area contributed by atoms with Crippen molar-refractivity contribution in [2.75, 3.05) is 5.73 Å². The van der Waals surface area contributed by atoms with E-state index in [1.807, 2.05) is 28.6 Å². The van der Waals surface area contributed by atoms with Crippen LogP contribution in [0.4, 0.5) is 5.69 Å². The van der Waals surface area contributed by atoms with Crippen molar-refractivity contribution in [3.8, 4) is 0 Å². The number of aromatic nitrogens is 3. The highest BCUT2D eigenvalue weighted by Gasteiger charge is 2.27. The first-order valence-corrected chi connectivity index (χ1v) is 6.37. The monoisotopic (exact) mass is 259 g/mol. The molecule has 1 aliphatic rings. The van der Waals surface area contributed by atoms with Gasteiger partial charge >= 0.3 is 0 Å². The number of imidazole rings is 1. The van der Waals surface area contributed by atoms with Gasteiger partial charge in [0.05, 0.1) is 12.2 Å². The summed E-state index contributed by atoms with van der Waals surface area (Å²) < 4.78 is 3.86. The zero-order valence-corrected chi connectivity index (χ0v) is 10.8. The Morgan fingerprint density at radius 2 is 2.37 bits per heavy atom. The van der Waals surface area contributed by atoms with Crippen LogP contribution >= 0.6 is 0 Å². The van der Waals surface area contributed by atoms with Crippen molar-refractivity contribution >= 4 is 11.6 Å². The fourth-order valence-electron chi connectivity index (χ4n) is 2.15. The molecule has 0 radical (unpaired) electrons. The fraction of sp³-hybridized carbons (Fsp3) is 0.385. The van der Waals surface area contributed by atoms with Crippen LogP contribution < -0.4 is 11.1 Å². The van der Waals surface area contributed by atoms with E-state index < -0.39 is 0 Å². The lowest BCUT2D eigenvalue weighted by Crippen LogP contribution is -2.26. The zero-order chi connectivity index (χ0) is 13.4. The van der Waals surface area contributed by atoms with E-state index in [2.05, 4.69) is 10.3 Å². The quantitative estimate of drug-likeness (QED) is 0.862. The maximum absolute atomic E-state index is 12.2. The van der Waals surface area contributed by atoms with Crippen LogP contribution in [-0.4, -0.2) is 20.0 Å². The van der Waals surface area contributed by atoms with Gasteiger partial charge in [-0.05, 0) is 18.9 Å². The van der Waals surface area contributed by atoms with Gasteiger partial charge in [0.25, 0.3) is 5.91 Å². The van der Waals surface area contributed by atoms with Gasteiger partial charge in [0.15, 0.2) is 0 Å². The van der Waals surface area contributed by atoms with E-state index >= 15 is 0 Å². The Balaban J connectivity index is 1.72. The highest BCUT2D eigenvalue weighted by Crippen LogP contribution is 2.37. The molecule has 0 atom stereocenters. The van der Waals surface area contributed by atoms with Crippen molar-refractivity contribution in [3.63, 3.8) is 0 Å². The van der Waals surface area contributed by atoms with Gasteiger partial charge in [-0.25, -0.2) is 4.98 Å². The zero-order valence-electron chi connectivity index (χ0n) is 10.8. The Morgan fingerprint density at radius 1 is 1.58 bits per heavy atom. The third kappa shape index (κ3) is 2.33. The number of nitrogens with one attached hydrogen (secondary N) is 1. The minimum absolute atomic E-state index is 0.105. The summed E-state index contributed by atoms with van der Waals surface area (Å²) in [5.41, 5.74) is 7.05. The molecule has 1 fully saturated rings. The second-order valence-electron chi connectivity index (χ2n) is 4.93. The number of nitrogens with two attached hydrogens (primary N) is 1. The molecule has 19 heavy (non-hydrogen) atoms. The first-order valence-electron chi connectivity index (χ1n) is 6.37. The number of aryl methyl sites for hydroxylation is 1. The Morgan fingerprint density at radius 3 is 3.00 bits per heavy atom. The molecular weight excluding hydrogens is 242 g/mol. The molecule has 0 aliphatic heterocycles. The summed E-state index contributed by atoms with van der Waals surface area (Å²) >= 11 is 0. The Bertz CT molecular complexity index is 608. The molecule has 0 saturated heterocycles. The minimum atomic E-state index is -0.105. The third-order valence-corrected chi connectivity index (χ3v) is 3.37. The largest absolute Gasteiger partial charge is 0.397 e. The van der Waals surface area contributed by atoms with E-state index in [1.54, 1.807) is 12.3 Å². The van der Waals surface area contributed by atoms with E-state index in [0.29, 0.717) is 24.0 Å². The molecule has 0 spiro atoms. The van der Waals surface area contributed by atoms with Crippen LogP contribution in [0.1, 0.15) is 35.2 Å². The van der Waals surface area contributed by atoms with Crippen LogP contribution in [0, 0.1) is 0 Å². The van der Waals surface area contributed by atoms with E-state index in [1.165, 1.54) is 0 Å². The second-order valence-corrected chi connectivity index (χ2v) is 4.93. The Hall–Kier alpha value is -2.24. The van der Waals surface area contributed by atoms with Crippen molar-refractivity contribution in [1.82, 2.24) is 19.4 Å². The third-order valence-electron chi connectivity index (χ3n) is 3.37. The van der Waals surface area contributed by atoms with E-state index in [-0.39, 0.29) is 5.91 Å². The highest BCUT2D eigenvalue weighted by molar-refractivity contribution is 5.93. The van der Waals surface area contributed by atoms with Crippen LogP contribution in [0.25, 0.3) is 0 Å². The maximum atomic E-state index is 12.2. The summed E-state index contributed by atoms with van der Waals surface area (Å²) in [6, 6.07) is 2.16. The first kappa shape index (κ1) is 11.8. The molecule has 3 N–H and O–H groups in total. The summed E-state index contributed by atoms with van der Waals surface area (Å²) in [6.45, 7) is 0.415. The molecule has 0 unspecified atom stereocenters. The van der Waals surface area contributed by atoms with Gasteiger partial charge in [0.1, 0.15) is 11.5 Å². The lowest BCUT2D eigenvalue weighted by Gasteiger charge is -2.08. The van der Waals surface area contributed by atoms with Crippen LogP contribution in [0.15, 0.2) is 24.7 Å². The van der Waals surface area contributed by atoms with Gasteiger partial charge in [0.2, 0.25) is 0 Å². The molecule has 0 aromatic carbocycles. The molecule has 3 rings (SSSR count). The van der Waals surface area contributed by atoms with Gasteiger partial charge in [-0.3, -0.25) is 4.79 Å². The van der Waals surface area contributed by atoms with Crippen molar-refractivity contribution in [3.05, 3.63) is 36.2 Å². The van der Waals surface area contributed by atoms with Crippen molar-refractivity contribution in [1.29, 1.82) is 0 Å². The summed E-state index contributed by atoms with van der Waals surface area (Å²) in [7, 11) is 1.90. The number of rotatable bonds is 4. The number of carbonyl (C=O) groups is 1. The van der Waals surface area contributed by atoms with Gasteiger partial charge < -0.3 is 20.2 Å². The molecule has 6 heteroatoms. The molecule has 6 nitrogen and oxygen atoms in total. The maximum Gasteiger partial charge on any atom is 0.268 e. The average Bonchev–Trinajstić information content (AvgIpc) is 3.04. The average molecular weight is 259 g/mol. The number of amides is 1. The lowest BCUT2D eigenvalue weighted by atomic mass is 10.3. The summed E-state index contributed by atoms with van der Waals surface area (Å²) in [4.78, 5) is 16.4. The van der Waals surface area contributed by atoms with Crippen molar-refractivity contribution in [2.45, 2.75) is 25.4 Å². The minimum Gasteiger partial charge on any atom is -0.397 e. The summed E-state index contributed by atoms with van der Waals surface area (Å²) in [5, 5.41) is 2.88. The number of hydrogen-bond donors (Lipinski definition) is 2. The van der Waals surface area contributed by atoms with Crippen LogP contribution in [0.5, 0.6) is 0 Å². The SMILES string of the molecule is Cn1ccnc1CNC(=O)c1cc(N)cn1C1CC1. The smallest absolute Gasteiger partial charge is 0.268 e. The van der Waals surface area contributed by atoms with Gasteiger partial charge in [-0.2, -0.15) is 0 Å². The van der Waals surface area contributed by atoms with Gasteiger partial charge in [-0.15, -0.1) is 0 Å². The van der Waals surface area contributed by atoms with Crippen LogP contribution in [-0.2, 0) is 13.6 Å². The molecule has 1 amide bonds. The topological polar surface area (TPSA) is 77.9 Å². The predicted octanol–water partition coefficient (Wildman–Crippen LogP) is 1.07. The summed E-state index contributed by atoms with van der Waals surface area (Å²) in [5.74, 6) is 0.720. The molecule has 100 valence electrons. The lowest BCUT2D eigenvalue weighted by molar-refractivity contribution is 0.0940. The van der Waals surface area contributed by atoms with Crippen LogP contribution in [0.3, 0.4) is 0 Å². The van der Waals surface area contributed by atoms with E-state index in [4.69, 9.17) is 5.73 Å². The van der Waals surface area contributed by atoms with E-state index in [9.17, 15) is 4.79 Å². The fourth-order valence-corrected chi connectivity index (χ4v) is 2.15. The normalized spacial score (nSPS) is 14.6. The highest BCUT2D eigenvalue weighted by atomic mass is 16.1. The molecule has 2 heterocycles. The van der Waals surface area contributed by atoms with Gasteiger partial charge in [-0.1, -0.05) is 0 Å². The Kier molecular flexibility index (Phi) is 2.77. The Labute approximate surface area is 111 Å². The number of anilines is 1. The molecule has 1 aliphatic carbocycles. The van der Waals surface area contributed by atoms with Crippen molar-refractivity contribution in [2.24, 2.45) is 7.05 Å².